The quantitative estimate of drug-likeness (QED) is 0.197. The van der Waals surface area contributed by atoms with Gasteiger partial charge in [0.05, 0.1) is 13.2 Å². The molecule has 9 N–H and O–H groups in total. The zero-order chi connectivity index (χ0) is 16.0. The number of carbonyl (C=O) groups excluding carboxylic acids is 1. The molecule has 0 radical (unpaired) electrons. The number of carbonyl (C=O) groups is 1. The molecule has 0 aliphatic heterocycles. The first-order valence-corrected chi connectivity index (χ1v) is 5.70. The van der Waals surface area contributed by atoms with E-state index in [9.17, 15) is 30.3 Å². The van der Waals surface area contributed by atoms with Gasteiger partial charge in [0.1, 0.15) is 42.7 Å². The summed E-state index contributed by atoms with van der Waals surface area (Å²) in [6, 6.07) is 0. The monoisotopic (exact) mass is 300 g/mol. The molecular formula is C10H20O10. The van der Waals surface area contributed by atoms with E-state index in [4.69, 9.17) is 20.4 Å². The predicted octanol–water partition coefficient (Wildman–Crippen LogP) is -5.93. The summed E-state index contributed by atoms with van der Waals surface area (Å²) in [7, 11) is 0. The van der Waals surface area contributed by atoms with Crippen molar-refractivity contribution >= 4 is 5.78 Å². The number of aliphatic hydroxyl groups excluding tert-OH is 9. The highest BCUT2D eigenvalue weighted by Gasteiger charge is 2.40. The van der Waals surface area contributed by atoms with Crippen LogP contribution in [0.2, 0.25) is 0 Å². The molecule has 10 nitrogen and oxygen atoms in total. The molecule has 0 aromatic rings. The van der Waals surface area contributed by atoms with Crippen LogP contribution in [0.25, 0.3) is 0 Å². The van der Waals surface area contributed by atoms with Crippen molar-refractivity contribution < 1.29 is 50.8 Å². The molecular weight excluding hydrogens is 280 g/mol. The molecule has 0 spiro atoms. The minimum Gasteiger partial charge on any atom is -0.394 e. The molecule has 120 valence electrons. The second-order valence-corrected chi connectivity index (χ2v) is 4.26. The maximum absolute atomic E-state index is 11.5. The SMILES string of the molecule is O=C([C@@H](O)[C@H](O)[C@H](O)CO)[C@@H](O)[C@@H](O)[C@H](O)[C@@H](O)CO. The topological polar surface area (TPSA) is 199 Å². The van der Waals surface area contributed by atoms with Gasteiger partial charge in [-0.15, -0.1) is 0 Å². The maximum Gasteiger partial charge on any atom is 0.195 e. The Morgan fingerprint density at radius 2 is 1.00 bits per heavy atom. The lowest BCUT2D eigenvalue weighted by Crippen LogP contribution is -2.54. The van der Waals surface area contributed by atoms with Gasteiger partial charge in [0.25, 0.3) is 0 Å². The van der Waals surface area contributed by atoms with Crippen LogP contribution < -0.4 is 0 Å². The van der Waals surface area contributed by atoms with Crippen molar-refractivity contribution in [3.05, 3.63) is 0 Å². The fourth-order valence-corrected chi connectivity index (χ4v) is 1.35. The molecule has 0 heterocycles. The van der Waals surface area contributed by atoms with Crippen LogP contribution in [0.3, 0.4) is 0 Å². The Bertz CT molecular complexity index is 298. The number of hydrogen-bond donors (Lipinski definition) is 9. The van der Waals surface area contributed by atoms with Gasteiger partial charge in [0.2, 0.25) is 0 Å². The standard InChI is InChI=1S/C10H20O10/c11-1-3(13)5(15)7(17)9(19)10(20)8(18)6(16)4(14)2-12/h3-9,11-19H,1-2H2/t3-,4+,5+,6+,7-,8-,9-/m0/s1. The molecule has 0 rings (SSSR count). The highest BCUT2D eigenvalue weighted by atomic mass is 16.4. The second kappa shape index (κ2) is 8.56. The number of Topliss-reactive ketones (excluding diaryl/α,β-unsaturated/α-hetero) is 1. The van der Waals surface area contributed by atoms with Gasteiger partial charge in [-0.25, -0.2) is 0 Å². The first kappa shape index (κ1) is 19.3. The van der Waals surface area contributed by atoms with E-state index in [1.807, 2.05) is 0 Å². The summed E-state index contributed by atoms with van der Waals surface area (Å²) in [4.78, 5) is 11.5. The Hall–Kier alpha value is -0.690. The molecule has 0 saturated heterocycles. The largest absolute Gasteiger partial charge is 0.394 e. The average Bonchev–Trinajstić information content (AvgIpc) is 2.48. The molecule has 0 aromatic carbocycles. The van der Waals surface area contributed by atoms with Crippen molar-refractivity contribution in [1.29, 1.82) is 0 Å². The zero-order valence-electron chi connectivity index (χ0n) is 10.4. The molecule has 7 atom stereocenters. The van der Waals surface area contributed by atoms with Gasteiger partial charge in [-0.05, 0) is 0 Å². The fraction of sp³-hybridized carbons (Fsp3) is 0.900. The van der Waals surface area contributed by atoms with Gasteiger partial charge in [-0.3, -0.25) is 4.79 Å². The third-order valence-corrected chi connectivity index (χ3v) is 2.74. The van der Waals surface area contributed by atoms with E-state index < -0.39 is 61.7 Å². The lowest BCUT2D eigenvalue weighted by atomic mass is 9.94. The Labute approximate surface area is 113 Å². The van der Waals surface area contributed by atoms with Crippen LogP contribution >= 0.6 is 0 Å². The van der Waals surface area contributed by atoms with Crippen molar-refractivity contribution in [3.63, 3.8) is 0 Å². The van der Waals surface area contributed by atoms with Crippen molar-refractivity contribution in [2.24, 2.45) is 0 Å². The molecule has 0 aliphatic carbocycles. The molecule has 20 heavy (non-hydrogen) atoms. The molecule has 0 saturated carbocycles. The summed E-state index contributed by atoms with van der Waals surface area (Å²) in [6.45, 7) is -1.91. The summed E-state index contributed by atoms with van der Waals surface area (Å²) >= 11 is 0. The molecule has 10 heteroatoms. The minimum absolute atomic E-state index is 0.951. The zero-order valence-corrected chi connectivity index (χ0v) is 10.4. The fourth-order valence-electron chi connectivity index (χ4n) is 1.35. The number of hydrogen-bond acceptors (Lipinski definition) is 10. The van der Waals surface area contributed by atoms with E-state index in [1.54, 1.807) is 0 Å². The van der Waals surface area contributed by atoms with E-state index >= 15 is 0 Å². The molecule has 0 aliphatic rings. The molecule has 0 fully saturated rings. The highest BCUT2D eigenvalue weighted by Crippen LogP contribution is 2.10. The summed E-state index contributed by atoms with van der Waals surface area (Å²) in [5.74, 6) is -1.54. The third-order valence-electron chi connectivity index (χ3n) is 2.74. The van der Waals surface area contributed by atoms with Crippen LogP contribution in [0.4, 0.5) is 0 Å². The van der Waals surface area contributed by atoms with Crippen LogP contribution in [0.5, 0.6) is 0 Å². The van der Waals surface area contributed by atoms with Gasteiger partial charge < -0.3 is 46.0 Å². The Kier molecular flexibility index (Phi) is 8.27. The van der Waals surface area contributed by atoms with Crippen LogP contribution in [0.15, 0.2) is 0 Å². The van der Waals surface area contributed by atoms with Gasteiger partial charge in [0, 0.05) is 0 Å². The average molecular weight is 300 g/mol. The first-order chi connectivity index (χ1) is 9.18. The lowest BCUT2D eigenvalue weighted by molar-refractivity contribution is -0.163. The smallest absolute Gasteiger partial charge is 0.195 e. The van der Waals surface area contributed by atoms with Crippen molar-refractivity contribution in [1.82, 2.24) is 0 Å². The van der Waals surface area contributed by atoms with Crippen LogP contribution in [0, 0.1) is 0 Å². The summed E-state index contributed by atoms with van der Waals surface area (Å²) in [5, 5.41) is 81.8. The van der Waals surface area contributed by atoms with Gasteiger partial charge in [-0.1, -0.05) is 0 Å². The molecule has 0 aromatic heterocycles. The second-order valence-electron chi connectivity index (χ2n) is 4.26. The van der Waals surface area contributed by atoms with E-state index in [1.165, 1.54) is 0 Å². The van der Waals surface area contributed by atoms with Crippen molar-refractivity contribution in [2.75, 3.05) is 13.2 Å². The normalized spacial score (nSPS) is 22.4. The number of aliphatic hydroxyl groups is 9. The lowest BCUT2D eigenvalue weighted by Gasteiger charge is -2.28. The van der Waals surface area contributed by atoms with E-state index in [2.05, 4.69) is 0 Å². The van der Waals surface area contributed by atoms with Gasteiger partial charge in [0.15, 0.2) is 5.78 Å². The van der Waals surface area contributed by atoms with E-state index in [0.29, 0.717) is 0 Å². The number of rotatable bonds is 9. The Morgan fingerprint density at radius 3 is 1.40 bits per heavy atom. The maximum atomic E-state index is 11.5. The van der Waals surface area contributed by atoms with Crippen LogP contribution in [0.1, 0.15) is 0 Å². The molecule has 0 bridgehead atoms. The third kappa shape index (κ3) is 4.70. The Balaban J connectivity index is 4.76. The van der Waals surface area contributed by atoms with Gasteiger partial charge >= 0.3 is 0 Å². The minimum atomic E-state index is -2.39. The van der Waals surface area contributed by atoms with Crippen molar-refractivity contribution in [2.45, 2.75) is 42.7 Å². The molecule has 0 amide bonds. The van der Waals surface area contributed by atoms with E-state index in [-0.39, 0.29) is 0 Å². The molecule has 0 unspecified atom stereocenters. The number of ketones is 1. The Morgan fingerprint density at radius 1 is 0.650 bits per heavy atom. The summed E-state index contributed by atoms with van der Waals surface area (Å²) in [5.41, 5.74) is 0. The summed E-state index contributed by atoms with van der Waals surface area (Å²) in [6.07, 6.45) is -14.8. The van der Waals surface area contributed by atoms with Crippen molar-refractivity contribution in [3.8, 4) is 0 Å². The predicted molar refractivity (Wildman–Crippen MR) is 61.2 cm³/mol. The van der Waals surface area contributed by atoms with E-state index in [0.717, 1.165) is 0 Å². The first-order valence-electron chi connectivity index (χ1n) is 5.70. The highest BCUT2D eigenvalue weighted by molar-refractivity contribution is 5.88. The van der Waals surface area contributed by atoms with Crippen LogP contribution in [-0.4, -0.2) is 108 Å². The summed E-state index contributed by atoms with van der Waals surface area (Å²) < 4.78 is 0. The van der Waals surface area contributed by atoms with Gasteiger partial charge in [-0.2, -0.15) is 0 Å². The van der Waals surface area contributed by atoms with Crippen LogP contribution in [-0.2, 0) is 4.79 Å².